The van der Waals surface area contributed by atoms with Crippen LogP contribution in [0, 0.1) is 0 Å². The van der Waals surface area contributed by atoms with Gasteiger partial charge in [-0.3, -0.25) is 4.79 Å². The summed E-state index contributed by atoms with van der Waals surface area (Å²) in [4.78, 5) is 25.7. The van der Waals surface area contributed by atoms with Crippen LogP contribution in [0.4, 0.5) is 0 Å². The molecule has 0 aliphatic carbocycles. The van der Waals surface area contributed by atoms with Gasteiger partial charge in [-0.2, -0.15) is 0 Å². The van der Waals surface area contributed by atoms with E-state index in [0.29, 0.717) is 28.4 Å². The summed E-state index contributed by atoms with van der Waals surface area (Å²) in [5.41, 5.74) is 2.04. The van der Waals surface area contributed by atoms with Crippen molar-refractivity contribution in [2.24, 2.45) is 0 Å². The SMILES string of the molecule is COc1ccc(/C=C/C(=O)Oc2cc(/C=C/C(=O)c3ccc(OC)c4c3OC(C)(C)C=C4)ccc2OC)cc1. The van der Waals surface area contributed by atoms with E-state index < -0.39 is 11.6 Å². The maximum absolute atomic E-state index is 13.2. The molecule has 0 spiro atoms. The summed E-state index contributed by atoms with van der Waals surface area (Å²) < 4.78 is 27.6. The molecule has 0 radical (unpaired) electrons. The van der Waals surface area contributed by atoms with E-state index in [4.69, 9.17) is 23.7 Å². The normalized spacial score (nSPS) is 13.6. The molecule has 7 heteroatoms. The first kappa shape index (κ1) is 27.3. The molecule has 39 heavy (non-hydrogen) atoms. The molecule has 200 valence electrons. The molecule has 0 bridgehead atoms. The van der Waals surface area contributed by atoms with Crippen molar-refractivity contribution in [1.29, 1.82) is 0 Å². The summed E-state index contributed by atoms with van der Waals surface area (Å²) >= 11 is 0. The quantitative estimate of drug-likeness (QED) is 0.138. The van der Waals surface area contributed by atoms with E-state index in [-0.39, 0.29) is 11.5 Å². The van der Waals surface area contributed by atoms with Crippen LogP contribution >= 0.6 is 0 Å². The first-order chi connectivity index (χ1) is 18.7. The summed E-state index contributed by atoms with van der Waals surface area (Å²) in [6, 6.07) is 15.8. The molecule has 1 heterocycles. The Labute approximate surface area is 227 Å². The van der Waals surface area contributed by atoms with Crippen LogP contribution in [-0.4, -0.2) is 38.7 Å². The molecule has 0 aromatic heterocycles. The van der Waals surface area contributed by atoms with E-state index in [1.807, 2.05) is 38.1 Å². The number of fused-ring (bicyclic) bond motifs is 1. The van der Waals surface area contributed by atoms with Crippen LogP contribution in [0.25, 0.3) is 18.2 Å². The number of hydrogen-bond donors (Lipinski definition) is 0. The molecule has 0 N–H and O–H groups in total. The van der Waals surface area contributed by atoms with Crippen LogP contribution in [0.2, 0.25) is 0 Å². The van der Waals surface area contributed by atoms with Crippen molar-refractivity contribution in [1.82, 2.24) is 0 Å². The molecule has 4 rings (SSSR count). The monoisotopic (exact) mass is 526 g/mol. The highest BCUT2D eigenvalue weighted by molar-refractivity contribution is 6.09. The fourth-order valence-corrected chi connectivity index (χ4v) is 3.96. The molecular formula is C32H30O7. The zero-order valence-corrected chi connectivity index (χ0v) is 22.5. The third-order valence-electron chi connectivity index (χ3n) is 6.01. The Balaban J connectivity index is 1.52. The Morgan fingerprint density at radius 1 is 0.769 bits per heavy atom. The van der Waals surface area contributed by atoms with Gasteiger partial charge in [0.05, 0.1) is 32.5 Å². The molecule has 0 saturated heterocycles. The second-order valence-corrected chi connectivity index (χ2v) is 9.23. The summed E-state index contributed by atoms with van der Waals surface area (Å²) in [7, 11) is 4.66. The number of allylic oxidation sites excluding steroid dienone is 1. The zero-order valence-electron chi connectivity index (χ0n) is 22.5. The lowest BCUT2D eigenvalue weighted by Crippen LogP contribution is -2.28. The largest absolute Gasteiger partial charge is 0.497 e. The number of ketones is 1. The predicted octanol–water partition coefficient (Wildman–Crippen LogP) is 6.41. The average Bonchev–Trinajstić information content (AvgIpc) is 2.94. The lowest BCUT2D eigenvalue weighted by molar-refractivity contribution is -0.129. The van der Waals surface area contributed by atoms with Crippen molar-refractivity contribution in [3.8, 4) is 28.7 Å². The van der Waals surface area contributed by atoms with Gasteiger partial charge in [0.2, 0.25) is 0 Å². The van der Waals surface area contributed by atoms with Gasteiger partial charge in [0, 0.05) is 6.08 Å². The lowest BCUT2D eigenvalue weighted by atomic mass is 9.97. The van der Waals surface area contributed by atoms with Crippen LogP contribution in [0.5, 0.6) is 28.7 Å². The smallest absolute Gasteiger partial charge is 0.336 e. The van der Waals surface area contributed by atoms with Crippen molar-refractivity contribution >= 4 is 30.0 Å². The molecule has 0 unspecified atom stereocenters. The van der Waals surface area contributed by atoms with Gasteiger partial charge in [-0.05, 0) is 85.7 Å². The highest BCUT2D eigenvalue weighted by Gasteiger charge is 2.27. The number of methoxy groups -OCH3 is 3. The second kappa shape index (κ2) is 11.7. The summed E-state index contributed by atoms with van der Waals surface area (Å²) in [6.07, 6.45) is 9.90. The predicted molar refractivity (Wildman–Crippen MR) is 151 cm³/mol. The second-order valence-electron chi connectivity index (χ2n) is 9.23. The maximum Gasteiger partial charge on any atom is 0.336 e. The topological polar surface area (TPSA) is 80.3 Å². The molecular weight excluding hydrogens is 496 g/mol. The van der Waals surface area contributed by atoms with Crippen molar-refractivity contribution in [2.75, 3.05) is 21.3 Å². The van der Waals surface area contributed by atoms with Crippen molar-refractivity contribution in [2.45, 2.75) is 19.4 Å². The third-order valence-corrected chi connectivity index (χ3v) is 6.01. The van der Waals surface area contributed by atoms with Gasteiger partial charge >= 0.3 is 5.97 Å². The molecule has 1 aliphatic heterocycles. The number of carbonyl (C=O) groups excluding carboxylic acids is 2. The van der Waals surface area contributed by atoms with Gasteiger partial charge < -0.3 is 23.7 Å². The van der Waals surface area contributed by atoms with Gasteiger partial charge in [0.1, 0.15) is 22.8 Å². The van der Waals surface area contributed by atoms with Crippen LogP contribution in [0.15, 0.2) is 72.8 Å². The maximum atomic E-state index is 13.2. The molecule has 0 fully saturated rings. The number of benzene rings is 3. The molecule has 0 saturated carbocycles. The fourth-order valence-electron chi connectivity index (χ4n) is 3.96. The minimum absolute atomic E-state index is 0.230. The van der Waals surface area contributed by atoms with E-state index >= 15 is 0 Å². The molecule has 0 amide bonds. The zero-order chi connectivity index (χ0) is 28.0. The van der Waals surface area contributed by atoms with E-state index in [0.717, 1.165) is 16.9 Å². The molecule has 3 aromatic carbocycles. The Bertz CT molecular complexity index is 1460. The highest BCUT2D eigenvalue weighted by atomic mass is 16.6. The van der Waals surface area contributed by atoms with Crippen LogP contribution in [-0.2, 0) is 4.79 Å². The number of carbonyl (C=O) groups is 2. The minimum Gasteiger partial charge on any atom is -0.497 e. The van der Waals surface area contributed by atoms with E-state index in [9.17, 15) is 9.59 Å². The highest BCUT2D eigenvalue weighted by Crippen LogP contribution is 2.40. The van der Waals surface area contributed by atoms with Crippen LogP contribution in [0.1, 0.15) is 40.9 Å². The van der Waals surface area contributed by atoms with E-state index in [2.05, 4.69) is 0 Å². The number of hydrogen-bond acceptors (Lipinski definition) is 7. The van der Waals surface area contributed by atoms with Gasteiger partial charge in [0.15, 0.2) is 17.3 Å². The van der Waals surface area contributed by atoms with Gasteiger partial charge in [-0.1, -0.05) is 24.3 Å². The number of esters is 1. The molecule has 3 aromatic rings. The average molecular weight is 527 g/mol. The Hall–Kier alpha value is -4.78. The first-order valence-electron chi connectivity index (χ1n) is 12.3. The van der Waals surface area contributed by atoms with Gasteiger partial charge in [0.25, 0.3) is 0 Å². The summed E-state index contributed by atoms with van der Waals surface area (Å²) in [6.45, 7) is 3.84. The Morgan fingerprint density at radius 2 is 1.44 bits per heavy atom. The first-order valence-corrected chi connectivity index (χ1v) is 12.3. The summed E-state index contributed by atoms with van der Waals surface area (Å²) in [5, 5.41) is 0. The lowest BCUT2D eigenvalue weighted by Gasteiger charge is -2.29. The third kappa shape index (κ3) is 6.57. The number of rotatable bonds is 9. The molecule has 1 aliphatic rings. The van der Waals surface area contributed by atoms with Gasteiger partial charge in [-0.25, -0.2) is 4.79 Å². The van der Waals surface area contributed by atoms with Crippen molar-refractivity contribution < 1.29 is 33.3 Å². The van der Waals surface area contributed by atoms with Crippen molar-refractivity contribution in [3.05, 3.63) is 95.1 Å². The van der Waals surface area contributed by atoms with Crippen molar-refractivity contribution in [3.63, 3.8) is 0 Å². The molecule has 0 atom stereocenters. The van der Waals surface area contributed by atoms with Crippen LogP contribution in [0.3, 0.4) is 0 Å². The number of ether oxygens (including phenoxy) is 5. The van der Waals surface area contributed by atoms with E-state index in [1.54, 1.807) is 68.8 Å². The fraction of sp³-hybridized carbons (Fsp3) is 0.188. The van der Waals surface area contributed by atoms with Gasteiger partial charge in [-0.15, -0.1) is 0 Å². The molecule has 7 nitrogen and oxygen atoms in total. The van der Waals surface area contributed by atoms with E-state index in [1.165, 1.54) is 19.3 Å². The summed E-state index contributed by atoms with van der Waals surface area (Å²) in [5.74, 6) is 1.63. The van der Waals surface area contributed by atoms with Crippen LogP contribution < -0.4 is 23.7 Å². The standard InChI is InChI=1S/C32H30O7/c1-32(2)19-18-25-27(36-4)16-13-24(31(25)39-32)26(33)14-8-22-9-15-28(37-5)29(20-22)38-30(34)17-10-21-6-11-23(35-3)12-7-21/h6-20H,1-5H3/b14-8+,17-10+. The minimum atomic E-state index is -0.570. The Morgan fingerprint density at radius 3 is 2.13 bits per heavy atom. The Kier molecular flexibility index (Phi) is 8.20.